The molecule has 2 nitrogen and oxygen atoms in total. The van der Waals surface area contributed by atoms with Gasteiger partial charge in [-0.3, -0.25) is 4.90 Å². The first-order valence-electron chi connectivity index (χ1n) is 4.96. The number of ether oxygens (including phenoxy) is 1. The summed E-state index contributed by atoms with van der Waals surface area (Å²) in [6.45, 7) is 6.83. The van der Waals surface area contributed by atoms with Gasteiger partial charge in [0.2, 0.25) is 0 Å². The second-order valence-corrected chi connectivity index (χ2v) is 5.02. The van der Waals surface area contributed by atoms with Gasteiger partial charge >= 0.3 is 0 Å². The van der Waals surface area contributed by atoms with Gasteiger partial charge in [-0.05, 0) is 19.3 Å². The number of halogens is 1. The van der Waals surface area contributed by atoms with Crippen LogP contribution in [0.4, 0.5) is 0 Å². The van der Waals surface area contributed by atoms with E-state index in [4.69, 9.17) is 4.74 Å². The number of hydrogen-bond donors (Lipinski definition) is 0. The van der Waals surface area contributed by atoms with E-state index < -0.39 is 0 Å². The van der Waals surface area contributed by atoms with Crippen molar-refractivity contribution in [3.8, 4) is 0 Å². The number of rotatable bonds is 2. The van der Waals surface area contributed by atoms with Crippen molar-refractivity contribution in [2.45, 2.75) is 31.4 Å². The van der Waals surface area contributed by atoms with E-state index in [1.807, 2.05) is 0 Å². The molecule has 2 atom stereocenters. The molecule has 1 aliphatic carbocycles. The number of fused-ring (bicyclic) bond motifs is 1. The largest absolute Gasteiger partial charge is 0.375 e. The standard InChI is InChI=1S/C10H16BrNO/c1-8(11)7-12-5-6-13-10-4-2-3-9(10)12/h9-10H,1-7H2/t9-,10+/m1/s1. The van der Waals surface area contributed by atoms with Crippen LogP contribution in [0.15, 0.2) is 11.1 Å². The molecule has 0 bridgehead atoms. The Morgan fingerprint density at radius 2 is 2.38 bits per heavy atom. The molecule has 1 saturated heterocycles. The number of nitrogens with zero attached hydrogens (tertiary/aromatic N) is 1. The molecule has 0 amide bonds. The minimum Gasteiger partial charge on any atom is -0.375 e. The summed E-state index contributed by atoms with van der Waals surface area (Å²) in [5, 5.41) is 0. The van der Waals surface area contributed by atoms with Gasteiger partial charge in [0.25, 0.3) is 0 Å². The molecule has 0 N–H and O–H groups in total. The molecule has 2 aliphatic rings. The molecule has 1 saturated carbocycles. The zero-order valence-electron chi connectivity index (χ0n) is 7.84. The first kappa shape index (κ1) is 9.69. The molecule has 0 spiro atoms. The Kier molecular flexibility index (Phi) is 3.06. The number of hydrogen-bond acceptors (Lipinski definition) is 2. The molecule has 2 fully saturated rings. The highest BCUT2D eigenvalue weighted by atomic mass is 79.9. The fourth-order valence-electron chi connectivity index (χ4n) is 2.42. The van der Waals surface area contributed by atoms with Crippen molar-refractivity contribution in [3.05, 3.63) is 11.1 Å². The molecule has 1 aliphatic heterocycles. The molecule has 0 aromatic heterocycles. The zero-order chi connectivity index (χ0) is 9.26. The lowest BCUT2D eigenvalue weighted by atomic mass is 10.1. The van der Waals surface area contributed by atoms with Crippen molar-refractivity contribution in [1.82, 2.24) is 4.90 Å². The molecule has 0 aromatic rings. The van der Waals surface area contributed by atoms with Gasteiger partial charge < -0.3 is 4.74 Å². The van der Waals surface area contributed by atoms with Gasteiger partial charge in [-0.15, -0.1) is 0 Å². The Morgan fingerprint density at radius 1 is 1.54 bits per heavy atom. The fraction of sp³-hybridized carbons (Fsp3) is 0.800. The Labute approximate surface area is 88.1 Å². The van der Waals surface area contributed by atoms with Crippen LogP contribution < -0.4 is 0 Å². The van der Waals surface area contributed by atoms with E-state index in [1.165, 1.54) is 19.3 Å². The Bertz CT molecular complexity index is 207. The summed E-state index contributed by atoms with van der Waals surface area (Å²) < 4.78 is 6.81. The lowest BCUT2D eigenvalue weighted by molar-refractivity contribution is -0.0513. The summed E-state index contributed by atoms with van der Waals surface area (Å²) in [7, 11) is 0. The van der Waals surface area contributed by atoms with E-state index in [9.17, 15) is 0 Å². The average Bonchev–Trinajstić information content (AvgIpc) is 2.51. The van der Waals surface area contributed by atoms with Crippen molar-refractivity contribution < 1.29 is 4.74 Å². The van der Waals surface area contributed by atoms with Crippen LogP contribution in [0.3, 0.4) is 0 Å². The summed E-state index contributed by atoms with van der Waals surface area (Å²) >= 11 is 3.43. The molecule has 0 aromatic carbocycles. The fourth-order valence-corrected chi connectivity index (χ4v) is 2.74. The Morgan fingerprint density at radius 3 is 3.15 bits per heavy atom. The van der Waals surface area contributed by atoms with E-state index >= 15 is 0 Å². The lowest BCUT2D eigenvalue weighted by Crippen LogP contribution is -2.48. The SMILES string of the molecule is C=C(Br)CN1CCO[C@H]2CCC[C@H]21. The van der Waals surface area contributed by atoms with Crippen molar-refractivity contribution in [1.29, 1.82) is 0 Å². The predicted octanol–water partition coefficient (Wildman–Crippen LogP) is 2.15. The third-order valence-electron chi connectivity index (χ3n) is 2.97. The third kappa shape index (κ3) is 2.14. The molecule has 13 heavy (non-hydrogen) atoms. The van der Waals surface area contributed by atoms with E-state index in [2.05, 4.69) is 27.4 Å². The maximum Gasteiger partial charge on any atom is 0.0731 e. The van der Waals surface area contributed by atoms with E-state index in [0.717, 1.165) is 24.2 Å². The van der Waals surface area contributed by atoms with Gasteiger partial charge in [-0.2, -0.15) is 0 Å². The highest BCUT2D eigenvalue weighted by molar-refractivity contribution is 9.11. The van der Waals surface area contributed by atoms with Crippen molar-refractivity contribution in [2.75, 3.05) is 19.7 Å². The van der Waals surface area contributed by atoms with Crippen LogP contribution in [0, 0.1) is 0 Å². The molecule has 0 radical (unpaired) electrons. The molecular weight excluding hydrogens is 230 g/mol. The molecule has 74 valence electrons. The average molecular weight is 246 g/mol. The van der Waals surface area contributed by atoms with Crippen LogP contribution in [0.1, 0.15) is 19.3 Å². The van der Waals surface area contributed by atoms with Gasteiger partial charge in [-0.25, -0.2) is 0 Å². The predicted molar refractivity (Wildman–Crippen MR) is 57.0 cm³/mol. The summed E-state index contributed by atoms with van der Waals surface area (Å²) in [6, 6.07) is 0.656. The molecule has 1 heterocycles. The monoisotopic (exact) mass is 245 g/mol. The van der Waals surface area contributed by atoms with E-state index in [-0.39, 0.29) is 0 Å². The second-order valence-electron chi connectivity index (χ2n) is 3.90. The minimum absolute atomic E-state index is 0.501. The highest BCUT2D eigenvalue weighted by Gasteiger charge is 2.35. The van der Waals surface area contributed by atoms with Gasteiger partial charge in [0, 0.05) is 23.6 Å². The van der Waals surface area contributed by atoms with E-state index in [0.29, 0.717) is 12.1 Å². The van der Waals surface area contributed by atoms with Crippen molar-refractivity contribution in [2.24, 2.45) is 0 Å². The lowest BCUT2D eigenvalue weighted by Gasteiger charge is -2.37. The van der Waals surface area contributed by atoms with Gasteiger partial charge in [0.1, 0.15) is 0 Å². The maximum absolute atomic E-state index is 5.73. The quantitative estimate of drug-likeness (QED) is 0.740. The van der Waals surface area contributed by atoms with Crippen LogP contribution >= 0.6 is 15.9 Å². The van der Waals surface area contributed by atoms with Gasteiger partial charge in [-0.1, -0.05) is 22.5 Å². The van der Waals surface area contributed by atoms with Crippen LogP contribution in [0.2, 0.25) is 0 Å². The molecule has 2 rings (SSSR count). The van der Waals surface area contributed by atoms with Crippen LogP contribution in [-0.4, -0.2) is 36.7 Å². The summed E-state index contributed by atoms with van der Waals surface area (Å²) in [5.74, 6) is 0. The molecular formula is C10H16BrNO. The van der Waals surface area contributed by atoms with Crippen LogP contribution in [-0.2, 0) is 4.74 Å². The first-order chi connectivity index (χ1) is 6.27. The highest BCUT2D eigenvalue weighted by Crippen LogP contribution is 2.30. The summed E-state index contributed by atoms with van der Waals surface area (Å²) in [6.07, 6.45) is 4.36. The Hall–Kier alpha value is 0.140. The van der Waals surface area contributed by atoms with Crippen LogP contribution in [0.25, 0.3) is 0 Å². The molecule has 3 heteroatoms. The number of morpholine rings is 1. The topological polar surface area (TPSA) is 12.5 Å². The van der Waals surface area contributed by atoms with Gasteiger partial charge in [0.15, 0.2) is 0 Å². The second kappa shape index (κ2) is 4.11. The molecule has 0 unspecified atom stereocenters. The third-order valence-corrected chi connectivity index (χ3v) is 3.22. The summed E-state index contributed by atoms with van der Waals surface area (Å²) in [4.78, 5) is 2.50. The van der Waals surface area contributed by atoms with Crippen molar-refractivity contribution in [3.63, 3.8) is 0 Å². The van der Waals surface area contributed by atoms with Gasteiger partial charge in [0.05, 0.1) is 12.7 Å². The smallest absolute Gasteiger partial charge is 0.0731 e. The maximum atomic E-state index is 5.73. The normalized spacial score (nSPS) is 34.5. The van der Waals surface area contributed by atoms with E-state index in [1.54, 1.807) is 0 Å². The Balaban J connectivity index is 1.97. The van der Waals surface area contributed by atoms with Crippen molar-refractivity contribution >= 4 is 15.9 Å². The first-order valence-corrected chi connectivity index (χ1v) is 5.75. The van der Waals surface area contributed by atoms with Crippen LogP contribution in [0.5, 0.6) is 0 Å². The summed E-state index contributed by atoms with van der Waals surface area (Å²) in [5.41, 5.74) is 0. The zero-order valence-corrected chi connectivity index (χ0v) is 9.42. The minimum atomic E-state index is 0.501.